The highest BCUT2D eigenvalue weighted by Crippen LogP contribution is 2.39. The van der Waals surface area contributed by atoms with Gasteiger partial charge in [0.1, 0.15) is 12.1 Å². The molecule has 7 heteroatoms. The minimum Gasteiger partial charge on any atom is -0.370 e. The molecular formula is C22H30N4O3. The van der Waals surface area contributed by atoms with E-state index in [0.717, 1.165) is 61.5 Å². The number of imide groups is 1. The van der Waals surface area contributed by atoms with Gasteiger partial charge in [0.05, 0.1) is 11.4 Å². The Kier molecular flexibility index (Phi) is 5.48. The predicted octanol–water partition coefficient (Wildman–Crippen LogP) is 3.21. The van der Waals surface area contributed by atoms with Gasteiger partial charge in [-0.3, -0.25) is 14.5 Å². The Hall–Kier alpha value is -2.57. The van der Waals surface area contributed by atoms with Crippen molar-refractivity contribution in [2.75, 3.05) is 36.9 Å². The van der Waals surface area contributed by atoms with Crippen LogP contribution in [0.15, 0.2) is 24.3 Å². The number of rotatable bonds is 4. The maximum Gasteiger partial charge on any atom is 0.327 e. The molecule has 0 radical (unpaired) electrons. The molecule has 0 unspecified atom stereocenters. The van der Waals surface area contributed by atoms with Crippen LogP contribution in [0, 0.1) is 0 Å². The van der Waals surface area contributed by atoms with Gasteiger partial charge in [-0.25, -0.2) is 4.79 Å². The van der Waals surface area contributed by atoms with Crippen LogP contribution in [-0.2, 0) is 9.59 Å². The normalized spacial score (nSPS) is 21.8. The molecule has 1 saturated carbocycles. The first-order valence-corrected chi connectivity index (χ1v) is 10.8. The van der Waals surface area contributed by atoms with Gasteiger partial charge < -0.3 is 15.1 Å². The van der Waals surface area contributed by atoms with Crippen LogP contribution in [0.5, 0.6) is 0 Å². The minimum atomic E-state index is -0.749. The van der Waals surface area contributed by atoms with Gasteiger partial charge in [0.2, 0.25) is 5.91 Å². The molecule has 4 amide bonds. The van der Waals surface area contributed by atoms with E-state index in [2.05, 4.69) is 10.2 Å². The van der Waals surface area contributed by atoms with Crippen LogP contribution in [0.4, 0.5) is 16.2 Å². The second-order valence-corrected chi connectivity index (χ2v) is 8.44. The van der Waals surface area contributed by atoms with Crippen molar-refractivity contribution in [1.29, 1.82) is 0 Å². The summed E-state index contributed by atoms with van der Waals surface area (Å²) < 4.78 is 0. The van der Waals surface area contributed by atoms with Crippen molar-refractivity contribution >= 4 is 29.2 Å². The first-order valence-electron chi connectivity index (χ1n) is 10.8. The van der Waals surface area contributed by atoms with E-state index in [4.69, 9.17) is 0 Å². The number of anilines is 2. The van der Waals surface area contributed by atoms with Gasteiger partial charge in [-0.1, -0.05) is 31.4 Å². The molecule has 1 spiro atoms. The average molecular weight is 399 g/mol. The second kappa shape index (κ2) is 8.05. The fourth-order valence-corrected chi connectivity index (χ4v) is 4.99. The molecular weight excluding hydrogens is 368 g/mol. The summed E-state index contributed by atoms with van der Waals surface area (Å²) in [6, 6.07) is 7.38. The van der Waals surface area contributed by atoms with Crippen LogP contribution in [0.1, 0.15) is 51.4 Å². The van der Waals surface area contributed by atoms with Gasteiger partial charge in [0.25, 0.3) is 5.91 Å². The van der Waals surface area contributed by atoms with Crippen molar-refractivity contribution in [2.45, 2.75) is 56.9 Å². The Bertz CT molecular complexity index is 797. The molecule has 156 valence electrons. The van der Waals surface area contributed by atoms with Gasteiger partial charge >= 0.3 is 6.03 Å². The van der Waals surface area contributed by atoms with E-state index >= 15 is 0 Å². The summed E-state index contributed by atoms with van der Waals surface area (Å²) >= 11 is 0. The lowest BCUT2D eigenvalue weighted by molar-refractivity contribution is -0.136. The van der Waals surface area contributed by atoms with Crippen molar-refractivity contribution < 1.29 is 14.4 Å². The molecule has 2 heterocycles. The van der Waals surface area contributed by atoms with Gasteiger partial charge in [0.15, 0.2) is 0 Å². The minimum absolute atomic E-state index is 0.218. The van der Waals surface area contributed by atoms with E-state index in [1.54, 1.807) is 11.9 Å². The maximum atomic E-state index is 13.1. The fourth-order valence-electron chi connectivity index (χ4n) is 4.99. The average Bonchev–Trinajstić information content (AvgIpc) is 2.92. The number of hydrogen-bond acceptors (Lipinski definition) is 4. The summed E-state index contributed by atoms with van der Waals surface area (Å²) in [7, 11) is 1.69. The van der Waals surface area contributed by atoms with E-state index in [1.807, 2.05) is 24.3 Å². The van der Waals surface area contributed by atoms with E-state index in [9.17, 15) is 14.4 Å². The second-order valence-electron chi connectivity index (χ2n) is 8.44. The van der Waals surface area contributed by atoms with Crippen LogP contribution in [0.3, 0.4) is 0 Å². The first-order chi connectivity index (χ1) is 14.0. The van der Waals surface area contributed by atoms with Gasteiger partial charge in [-0.2, -0.15) is 0 Å². The van der Waals surface area contributed by atoms with E-state index < -0.39 is 5.54 Å². The quantitative estimate of drug-likeness (QED) is 0.791. The van der Waals surface area contributed by atoms with Crippen molar-refractivity contribution in [1.82, 2.24) is 9.80 Å². The Morgan fingerprint density at radius 3 is 2.38 bits per heavy atom. The number of para-hydroxylation sites is 2. The molecule has 2 aliphatic heterocycles. The molecule has 1 N–H and O–H groups in total. The number of carbonyl (C=O) groups is 3. The number of nitrogens with zero attached hydrogens (tertiary/aromatic N) is 3. The topological polar surface area (TPSA) is 73.0 Å². The van der Waals surface area contributed by atoms with Gasteiger partial charge in [-0.05, 0) is 44.2 Å². The molecule has 4 rings (SSSR count). The molecule has 0 atom stereocenters. The van der Waals surface area contributed by atoms with Crippen molar-refractivity contribution in [2.24, 2.45) is 0 Å². The third-order valence-corrected chi connectivity index (χ3v) is 6.66. The Balaban J connectivity index is 1.46. The summed E-state index contributed by atoms with van der Waals surface area (Å²) in [6.07, 6.45) is 7.86. The molecule has 7 nitrogen and oxygen atoms in total. The number of amides is 4. The molecule has 3 fully saturated rings. The third kappa shape index (κ3) is 3.58. The summed E-state index contributed by atoms with van der Waals surface area (Å²) in [6.45, 7) is 1.71. The van der Waals surface area contributed by atoms with Crippen molar-refractivity contribution in [3.8, 4) is 0 Å². The fraction of sp³-hybridized carbons (Fsp3) is 0.591. The van der Waals surface area contributed by atoms with Crippen LogP contribution < -0.4 is 10.2 Å². The van der Waals surface area contributed by atoms with Crippen molar-refractivity contribution in [3.63, 3.8) is 0 Å². The third-order valence-electron chi connectivity index (χ3n) is 6.66. The number of benzene rings is 1. The number of carbonyl (C=O) groups excluding carboxylic acids is 3. The zero-order valence-corrected chi connectivity index (χ0v) is 17.2. The van der Waals surface area contributed by atoms with Crippen LogP contribution in [0.25, 0.3) is 0 Å². The zero-order valence-electron chi connectivity index (χ0n) is 17.2. The highest BCUT2D eigenvalue weighted by Gasteiger charge is 2.55. The number of likely N-dealkylation sites (N-methyl/N-ethyl adjacent to an activating group) is 1. The van der Waals surface area contributed by atoms with Crippen LogP contribution >= 0.6 is 0 Å². The standard InChI is InChI=1S/C22H30N4O3/c1-24-21(29)26(20(28)22(24)12-6-2-7-13-22)16-19(27)23-17-10-4-5-11-18(17)25-14-8-3-9-15-25/h4-5,10-11H,2-3,6-9,12-16H2,1H3,(H,23,27). The van der Waals surface area contributed by atoms with Gasteiger partial charge in [0, 0.05) is 20.1 Å². The number of piperidine rings is 1. The first kappa shape index (κ1) is 19.7. The Morgan fingerprint density at radius 1 is 1.00 bits per heavy atom. The van der Waals surface area contributed by atoms with Gasteiger partial charge in [-0.15, -0.1) is 0 Å². The van der Waals surface area contributed by atoms with Crippen LogP contribution in [0.2, 0.25) is 0 Å². The summed E-state index contributed by atoms with van der Waals surface area (Å²) in [5, 5.41) is 2.94. The molecule has 0 bridgehead atoms. The Labute approximate surface area is 172 Å². The lowest BCUT2D eigenvalue weighted by Gasteiger charge is -2.35. The smallest absolute Gasteiger partial charge is 0.327 e. The highest BCUT2D eigenvalue weighted by atomic mass is 16.2. The summed E-state index contributed by atoms with van der Waals surface area (Å²) in [5.74, 6) is -0.554. The monoisotopic (exact) mass is 398 g/mol. The molecule has 1 aromatic rings. The zero-order chi connectivity index (χ0) is 20.4. The largest absolute Gasteiger partial charge is 0.370 e. The molecule has 3 aliphatic rings. The van der Waals surface area contributed by atoms with E-state index in [0.29, 0.717) is 12.8 Å². The number of urea groups is 1. The van der Waals surface area contributed by atoms with Crippen LogP contribution in [-0.4, -0.2) is 59.9 Å². The summed E-state index contributed by atoms with van der Waals surface area (Å²) in [5.41, 5.74) is 0.987. The molecule has 1 aliphatic carbocycles. The molecule has 0 aromatic heterocycles. The lowest BCUT2D eigenvalue weighted by Crippen LogP contribution is -2.49. The van der Waals surface area contributed by atoms with E-state index in [-0.39, 0.29) is 24.4 Å². The number of hydrogen-bond donors (Lipinski definition) is 1. The molecule has 2 saturated heterocycles. The van der Waals surface area contributed by atoms with E-state index in [1.165, 1.54) is 6.42 Å². The lowest BCUT2D eigenvalue weighted by atomic mass is 9.81. The van der Waals surface area contributed by atoms with Crippen molar-refractivity contribution in [3.05, 3.63) is 24.3 Å². The maximum absolute atomic E-state index is 13.1. The highest BCUT2D eigenvalue weighted by molar-refractivity contribution is 6.10. The predicted molar refractivity (Wildman–Crippen MR) is 112 cm³/mol. The SMILES string of the molecule is CN1C(=O)N(CC(=O)Nc2ccccc2N2CCCCC2)C(=O)C12CCCCC2. The number of nitrogens with one attached hydrogen (secondary N) is 1. The molecule has 1 aromatic carbocycles. The Morgan fingerprint density at radius 2 is 1.66 bits per heavy atom. The molecule has 29 heavy (non-hydrogen) atoms. The summed E-state index contributed by atoms with van der Waals surface area (Å²) in [4.78, 5) is 43.6.